The monoisotopic (exact) mass is 526 g/mol. The van der Waals surface area contributed by atoms with Crippen LogP contribution in [0.4, 0.5) is 23.1 Å². The molecular formula is C29H34N8O2. The maximum Gasteiger partial charge on any atom is 0.246 e. The molecule has 6 rings (SSSR count). The van der Waals surface area contributed by atoms with E-state index in [4.69, 9.17) is 9.97 Å². The summed E-state index contributed by atoms with van der Waals surface area (Å²) in [6.07, 6.45) is 2.19. The highest BCUT2D eigenvalue weighted by Crippen LogP contribution is 2.37. The quantitative estimate of drug-likeness (QED) is 0.370. The van der Waals surface area contributed by atoms with Crippen LogP contribution < -0.4 is 14.7 Å². The van der Waals surface area contributed by atoms with Crippen molar-refractivity contribution in [2.75, 3.05) is 80.7 Å². The Morgan fingerprint density at radius 2 is 1.67 bits per heavy atom. The predicted octanol–water partition coefficient (Wildman–Crippen LogP) is 3.18. The van der Waals surface area contributed by atoms with Gasteiger partial charge in [0.15, 0.2) is 0 Å². The van der Waals surface area contributed by atoms with Crippen LogP contribution in [0.1, 0.15) is 11.3 Å². The molecule has 2 fully saturated rings. The number of likely N-dealkylation sites (N-methyl/N-ethyl adjacent to an activating group) is 1. The first-order chi connectivity index (χ1) is 19.0. The molecule has 4 heterocycles. The summed E-state index contributed by atoms with van der Waals surface area (Å²) in [5.41, 5.74) is 3.65. The molecule has 0 spiro atoms. The molecule has 3 aromatic rings. The zero-order valence-electron chi connectivity index (χ0n) is 22.4. The van der Waals surface area contributed by atoms with Gasteiger partial charge in [-0.3, -0.25) is 4.79 Å². The van der Waals surface area contributed by atoms with Crippen LogP contribution in [0.25, 0.3) is 10.8 Å². The summed E-state index contributed by atoms with van der Waals surface area (Å²) in [6, 6.07) is 11.9. The van der Waals surface area contributed by atoms with Gasteiger partial charge in [-0.1, -0.05) is 30.8 Å². The number of hydrogen-bond acceptors (Lipinski definition) is 9. The van der Waals surface area contributed by atoms with Crippen molar-refractivity contribution in [2.24, 2.45) is 5.18 Å². The van der Waals surface area contributed by atoms with Gasteiger partial charge in [-0.05, 0) is 42.2 Å². The van der Waals surface area contributed by atoms with Gasteiger partial charge in [0.25, 0.3) is 0 Å². The molecule has 0 bridgehead atoms. The van der Waals surface area contributed by atoms with E-state index in [-0.39, 0.29) is 5.91 Å². The summed E-state index contributed by atoms with van der Waals surface area (Å²) in [5, 5.41) is 5.35. The van der Waals surface area contributed by atoms with Crippen molar-refractivity contribution in [3.05, 3.63) is 65.2 Å². The van der Waals surface area contributed by atoms with Crippen LogP contribution in [0, 0.1) is 4.91 Å². The number of rotatable bonds is 5. The average Bonchev–Trinajstić information content (AvgIpc) is 2.99. The van der Waals surface area contributed by atoms with Gasteiger partial charge in [0.05, 0.1) is 12.2 Å². The Balaban J connectivity index is 1.36. The smallest absolute Gasteiger partial charge is 0.246 e. The molecule has 1 aromatic heterocycles. The molecule has 0 atom stereocenters. The van der Waals surface area contributed by atoms with Crippen LogP contribution in [-0.4, -0.2) is 91.6 Å². The largest absolute Gasteiger partial charge is 0.365 e. The van der Waals surface area contributed by atoms with E-state index >= 15 is 0 Å². The molecule has 0 unspecified atom stereocenters. The number of benzene rings is 2. The lowest BCUT2D eigenvalue weighted by atomic mass is 10.0. The number of piperazine rings is 2. The molecule has 39 heavy (non-hydrogen) atoms. The van der Waals surface area contributed by atoms with E-state index in [0.717, 1.165) is 86.2 Å². The Morgan fingerprint density at radius 3 is 2.41 bits per heavy atom. The van der Waals surface area contributed by atoms with E-state index in [1.807, 2.05) is 35.2 Å². The van der Waals surface area contributed by atoms with Crippen molar-refractivity contribution in [1.29, 1.82) is 0 Å². The molecule has 0 aliphatic carbocycles. The first-order valence-electron chi connectivity index (χ1n) is 13.6. The minimum absolute atomic E-state index is 0.0209. The minimum Gasteiger partial charge on any atom is -0.365 e. The molecule has 202 valence electrons. The molecule has 3 aliphatic rings. The summed E-state index contributed by atoms with van der Waals surface area (Å²) in [6.45, 7) is 11.5. The zero-order chi connectivity index (χ0) is 26.9. The Bertz CT molecular complexity index is 1410. The minimum atomic E-state index is -0.0209. The van der Waals surface area contributed by atoms with E-state index in [2.05, 4.69) is 44.5 Å². The van der Waals surface area contributed by atoms with Gasteiger partial charge in [-0.15, -0.1) is 4.91 Å². The topological polar surface area (TPSA) is 88.5 Å². The summed E-state index contributed by atoms with van der Waals surface area (Å²) < 4.78 is 0. The summed E-state index contributed by atoms with van der Waals surface area (Å²) in [4.78, 5) is 45.0. The molecule has 0 N–H and O–H groups in total. The zero-order valence-corrected chi connectivity index (χ0v) is 22.4. The van der Waals surface area contributed by atoms with Crippen molar-refractivity contribution in [2.45, 2.75) is 13.0 Å². The van der Waals surface area contributed by atoms with Gasteiger partial charge in [0.1, 0.15) is 11.5 Å². The number of hydrogen-bond donors (Lipinski definition) is 0. The van der Waals surface area contributed by atoms with Gasteiger partial charge < -0.3 is 24.5 Å². The Kier molecular flexibility index (Phi) is 6.86. The van der Waals surface area contributed by atoms with Crippen molar-refractivity contribution in [3.8, 4) is 0 Å². The van der Waals surface area contributed by atoms with E-state index in [9.17, 15) is 9.70 Å². The highest BCUT2D eigenvalue weighted by Gasteiger charge is 2.30. The number of carbonyl (C=O) groups excluding carboxylic acids is 1. The Hall–Kier alpha value is -4.05. The second-order valence-electron chi connectivity index (χ2n) is 10.5. The first kappa shape index (κ1) is 25.2. The predicted molar refractivity (Wildman–Crippen MR) is 155 cm³/mol. The van der Waals surface area contributed by atoms with E-state index in [1.54, 1.807) is 0 Å². The fourth-order valence-corrected chi connectivity index (χ4v) is 5.87. The van der Waals surface area contributed by atoms with Crippen molar-refractivity contribution >= 4 is 39.8 Å². The lowest BCUT2D eigenvalue weighted by molar-refractivity contribution is -0.126. The van der Waals surface area contributed by atoms with Crippen molar-refractivity contribution in [3.63, 3.8) is 0 Å². The second kappa shape index (κ2) is 10.6. The molecule has 2 aromatic carbocycles. The van der Waals surface area contributed by atoms with Crippen LogP contribution in [0.3, 0.4) is 0 Å². The third-order valence-electron chi connectivity index (χ3n) is 8.15. The number of aromatic nitrogens is 2. The molecule has 10 nitrogen and oxygen atoms in total. The molecule has 10 heteroatoms. The van der Waals surface area contributed by atoms with Crippen molar-refractivity contribution in [1.82, 2.24) is 19.8 Å². The van der Waals surface area contributed by atoms with Crippen molar-refractivity contribution < 1.29 is 4.79 Å². The maximum atomic E-state index is 12.2. The lowest BCUT2D eigenvalue weighted by Gasteiger charge is -2.39. The summed E-state index contributed by atoms with van der Waals surface area (Å²) in [7, 11) is 2.14. The van der Waals surface area contributed by atoms with Gasteiger partial charge >= 0.3 is 0 Å². The lowest BCUT2D eigenvalue weighted by Crippen LogP contribution is -2.49. The number of nitrogens with zero attached hydrogens (tertiary/aromatic N) is 8. The van der Waals surface area contributed by atoms with E-state index in [1.165, 1.54) is 11.6 Å². The Labute approximate surface area is 228 Å². The summed E-state index contributed by atoms with van der Waals surface area (Å²) >= 11 is 0. The van der Waals surface area contributed by atoms with Crippen LogP contribution in [0.2, 0.25) is 0 Å². The number of anilines is 3. The van der Waals surface area contributed by atoms with Crippen LogP contribution in [0.15, 0.2) is 54.2 Å². The molecule has 0 radical (unpaired) electrons. The first-order valence-corrected chi connectivity index (χ1v) is 13.6. The molecule has 3 aliphatic heterocycles. The third kappa shape index (κ3) is 4.92. The third-order valence-corrected chi connectivity index (χ3v) is 8.15. The SMILES string of the molecule is C=CC(=O)N1CCN(c2nc(N3CCN(C)CC3)nc3c2CCN(c2cc(N=O)cc4ccccc24)C3)CC1. The van der Waals surface area contributed by atoms with Gasteiger partial charge in [-0.25, -0.2) is 4.98 Å². The van der Waals surface area contributed by atoms with Crippen LogP contribution in [0.5, 0.6) is 0 Å². The average molecular weight is 527 g/mol. The second-order valence-corrected chi connectivity index (χ2v) is 10.5. The highest BCUT2D eigenvalue weighted by molar-refractivity contribution is 5.97. The van der Waals surface area contributed by atoms with Gasteiger partial charge in [-0.2, -0.15) is 4.98 Å². The number of fused-ring (bicyclic) bond motifs is 2. The normalized spacial score (nSPS) is 18.3. The van der Waals surface area contributed by atoms with E-state index in [0.29, 0.717) is 25.3 Å². The van der Waals surface area contributed by atoms with Crippen LogP contribution >= 0.6 is 0 Å². The van der Waals surface area contributed by atoms with Gasteiger partial charge in [0.2, 0.25) is 11.9 Å². The maximum absolute atomic E-state index is 12.2. The highest BCUT2D eigenvalue weighted by atomic mass is 16.3. The van der Waals surface area contributed by atoms with Crippen LogP contribution in [-0.2, 0) is 17.8 Å². The fraction of sp³-hybridized carbons (Fsp3) is 0.414. The molecule has 2 saturated heterocycles. The molecular weight excluding hydrogens is 492 g/mol. The number of nitroso groups, excluding NO2 is 1. The molecule has 1 amide bonds. The van der Waals surface area contributed by atoms with Gasteiger partial charge in [0, 0.05) is 75.5 Å². The Morgan fingerprint density at radius 1 is 0.923 bits per heavy atom. The number of carbonyl (C=O) groups is 1. The number of amides is 1. The molecule has 0 saturated carbocycles. The fourth-order valence-electron chi connectivity index (χ4n) is 5.87. The standard InChI is InChI=1S/C29H34N8O2/c1-3-27(38)34-14-16-35(17-15-34)28-24-8-9-37(26-19-22(32-39)18-21-6-4-5-7-23(21)26)20-25(24)30-29(31-28)36-12-10-33(2)11-13-36/h3-7,18-19H,1,8-17,20H2,2H3. The summed E-state index contributed by atoms with van der Waals surface area (Å²) in [5.74, 6) is 1.75. The van der Waals surface area contributed by atoms with E-state index < -0.39 is 0 Å².